The molecule has 0 aromatic rings. The first-order chi connectivity index (χ1) is 8.58. The molecule has 1 rings (SSSR count). The summed E-state index contributed by atoms with van der Waals surface area (Å²) in [6, 6.07) is 0. The Morgan fingerprint density at radius 2 is 2.05 bits per heavy atom. The van der Waals surface area contributed by atoms with Crippen molar-refractivity contribution in [3.05, 3.63) is 0 Å². The Bertz CT molecular complexity index is 381. The quantitative estimate of drug-likeness (QED) is 0.626. The van der Waals surface area contributed by atoms with Crippen LogP contribution in [0.5, 0.6) is 0 Å². The van der Waals surface area contributed by atoms with Gasteiger partial charge in [-0.3, -0.25) is 0 Å². The average molecular weight is 283 g/mol. The molecule has 1 N–H and O–H groups in total. The molecule has 2 atom stereocenters. The second kappa shape index (κ2) is 5.56. The van der Waals surface area contributed by atoms with Crippen LogP contribution in [0.1, 0.15) is 27.2 Å². The topological polar surface area (TPSA) is 49.8 Å². The van der Waals surface area contributed by atoms with Gasteiger partial charge in [0.2, 0.25) is 0 Å². The number of rotatable bonds is 2. The van der Waals surface area contributed by atoms with Crippen molar-refractivity contribution in [2.75, 3.05) is 13.1 Å². The van der Waals surface area contributed by atoms with Gasteiger partial charge in [0.15, 0.2) is 8.32 Å². The van der Waals surface area contributed by atoms with Crippen molar-refractivity contribution in [2.45, 2.75) is 51.4 Å². The molecule has 108 valence electrons. The van der Waals surface area contributed by atoms with Crippen LogP contribution in [0.3, 0.4) is 0 Å². The number of carbonyl (C=O) groups is 1. The van der Waals surface area contributed by atoms with Gasteiger partial charge in [-0.15, -0.1) is 12.3 Å². The van der Waals surface area contributed by atoms with Gasteiger partial charge in [-0.1, -0.05) is 20.8 Å². The summed E-state index contributed by atoms with van der Waals surface area (Å²) in [6.45, 7) is 11.7. The Morgan fingerprint density at radius 1 is 1.47 bits per heavy atom. The highest BCUT2D eigenvalue weighted by atomic mass is 28.4. The van der Waals surface area contributed by atoms with E-state index in [1.54, 1.807) is 0 Å². The standard InChI is InChI=1S/C14H25NO3Si/c1-7-11-8-9-15(13(16)17)10-12(11)18-19(5,6)14(2,3)4/h1,11-12H,8-10H2,2-6H3,(H,16,17). The zero-order valence-electron chi connectivity index (χ0n) is 12.6. The molecule has 1 amide bonds. The molecule has 0 aromatic heterocycles. The van der Waals surface area contributed by atoms with Crippen molar-refractivity contribution in [3.63, 3.8) is 0 Å². The number of nitrogens with zero attached hydrogens (tertiary/aromatic N) is 1. The smallest absolute Gasteiger partial charge is 0.407 e. The van der Waals surface area contributed by atoms with Gasteiger partial charge in [-0.25, -0.2) is 4.79 Å². The summed E-state index contributed by atoms with van der Waals surface area (Å²) < 4.78 is 6.32. The third kappa shape index (κ3) is 3.74. The fourth-order valence-corrected chi connectivity index (χ4v) is 3.30. The summed E-state index contributed by atoms with van der Waals surface area (Å²) in [5.41, 5.74) is 0. The van der Waals surface area contributed by atoms with Gasteiger partial charge in [0.05, 0.1) is 12.6 Å². The van der Waals surface area contributed by atoms with Gasteiger partial charge in [-0.2, -0.15) is 0 Å². The van der Waals surface area contributed by atoms with E-state index in [2.05, 4.69) is 39.8 Å². The Morgan fingerprint density at radius 3 is 2.47 bits per heavy atom. The first-order valence-electron chi connectivity index (χ1n) is 6.70. The van der Waals surface area contributed by atoms with Gasteiger partial charge in [0.25, 0.3) is 0 Å². The van der Waals surface area contributed by atoms with E-state index in [-0.39, 0.29) is 17.1 Å². The zero-order valence-corrected chi connectivity index (χ0v) is 13.6. The van der Waals surface area contributed by atoms with Crippen LogP contribution in [0.15, 0.2) is 0 Å². The highest BCUT2D eigenvalue weighted by molar-refractivity contribution is 6.74. The van der Waals surface area contributed by atoms with E-state index in [1.807, 2.05) is 0 Å². The minimum atomic E-state index is -1.93. The van der Waals surface area contributed by atoms with E-state index < -0.39 is 14.4 Å². The molecule has 1 heterocycles. The number of carboxylic acid groups (broad SMARTS) is 1. The molecule has 0 saturated carbocycles. The molecule has 2 unspecified atom stereocenters. The van der Waals surface area contributed by atoms with Crippen LogP contribution in [-0.4, -0.2) is 43.6 Å². The van der Waals surface area contributed by atoms with Crippen molar-refractivity contribution in [2.24, 2.45) is 5.92 Å². The van der Waals surface area contributed by atoms with E-state index in [4.69, 9.17) is 16.0 Å². The second-order valence-corrected chi connectivity index (χ2v) is 11.5. The summed E-state index contributed by atoms with van der Waals surface area (Å²) in [5.74, 6) is 2.78. The van der Waals surface area contributed by atoms with Gasteiger partial charge >= 0.3 is 6.09 Å². The predicted molar refractivity (Wildman–Crippen MR) is 78.6 cm³/mol. The Balaban J connectivity index is 2.83. The normalized spacial score (nSPS) is 24.9. The summed E-state index contributed by atoms with van der Waals surface area (Å²) in [5, 5.41) is 9.20. The molecular formula is C14H25NO3Si. The molecule has 1 saturated heterocycles. The molecule has 4 nitrogen and oxygen atoms in total. The predicted octanol–water partition coefficient (Wildman–Crippen LogP) is 3.01. The van der Waals surface area contributed by atoms with E-state index >= 15 is 0 Å². The number of hydrogen-bond acceptors (Lipinski definition) is 2. The lowest BCUT2D eigenvalue weighted by Crippen LogP contribution is -2.53. The van der Waals surface area contributed by atoms with Gasteiger partial charge in [0, 0.05) is 12.5 Å². The van der Waals surface area contributed by atoms with Crippen molar-refractivity contribution in [1.29, 1.82) is 0 Å². The fourth-order valence-electron chi connectivity index (χ4n) is 1.96. The largest absolute Gasteiger partial charge is 0.465 e. The summed E-state index contributed by atoms with van der Waals surface area (Å²) in [4.78, 5) is 12.5. The highest BCUT2D eigenvalue weighted by Gasteiger charge is 2.42. The van der Waals surface area contributed by atoms with Gasteiger partial charge < -0.3 is 14.4 Å². The maximum absolute atomic E-state index is 11.1. The molecule has 1 aliphatic heterocycles. The molecule has 0 aliphatic carbocycles. The molecule has 0 bridgehead atoms. The number of likely N-dealkylation sites (tertiary alicyclic amines) is 1. The van der Waals surface area contributed by atoms with Crippen LogP contribution in [0, 0.1) is 18.3 Å². The number of terminal acetylenes is 1. The third-order valence-electron chi connectivity index (χ3n) is 4.30. The van der Waals surface area contributed by atoms with Crippen LogP contribution < -0.4 is 0 Å². The van der Waals surface area contributed by atoms with Crippen LogP contribution in [-0.2, 0) is 4.43 Å². The zero-order chi connectivity index (χ0) is 14.8. The van der Waals surface area contributed by atoms with Gasteiger partial charge in [-0.05, 0) is 24.6 Å². The minimum Gasteiger partial charge on any atom is -0.465 e. The van der Waals surface area contributed by atoms with Crippen LogP contribution in [0.4, 0.5) is 4.79 Å². The molecule has 5 heteroatoms. The van der Waals surface area contributed by atoms with E-state index in [0.29, 0.717) is 19.5 Å². The molecule has 0 spiro atoms. The lowest BCUT2D eigenvalue weighted by atomic mass is 9.95. The SMILES string of the molecule is C#CC1CCN(C(=O)O)CC1O[Si](C)(C)C(C)(C)C. The molecule has 0 aromatic carbocycles. The Labute approximate surface area is 117 Å². The average Bonchev–Trinajstić information content (AvgIpc) is 2.26. The summed E-state index contributed by atoms with van der Waals surface area (Å²) >= 11 is 0. The van der Waals surface area contributed by atoms with Crippen molar-refractivity contribution < 1.29 is 14.3 Å². The molecular weight excluding hydrogens is 258 g/mol. The summed E-state index contributed by atoms with van der Waals surface area (Å²) in [6.07, 6.45) is 5.19. The van der Waals surface area contributed by atoms with Crippen molar-refractivity contribution >= 4 is 14.4 Å². The molecule has 1 fully saturated rings. The van der Waals surface area contributed by atoms with Gasteiger partial charge in [0.1, 0.15) is 0 Å². The maximum atomic E-state index is 11.1. The maximum Gasteiger partial charge on any atom is 0.407 e. The monoisotopic (exact) mass is 283 g/mol. The first-order valence-corrected chi connectivity index (χ1v) is 9.61. The van der Waals surface area contributed by atoms with E-state index in [9.17, 15) is 4.79 Å². The van der Waals surface area contributed by atoms with Crippen molar-refractivity contribution in [3.8, 4) is 12.3 Å². The summed E-state index contributed by atoms with van der Waals surface area (Å²) in [7, 11) is -1.93. The molecule has 1 aliphatic rings. The van der Waals surface area contributed by atoms with Crippen LogP contribution in [0.25, 0.3) is 0 Å². The first kappa shape index (κ1) is 16.1. The lowest BCUT2D eigenvalue weighted by molar-refractivity contribution is 0.0506. The number of hydrogen-bond donors (Lipinski definition) is 1. The van der Waals surface area contributed by atoms with E-state index in [0.717, 1.165) is 0 Å². The van der Waals surface area contributed by atoms with Crippen LogP contribution >= 0.6 is 0 Å². The number of piperidine rings is 1. The molecule has 19 heavy (non-hydrogen) atoms. The Kier molecular flexibility index (Phi) is 4.70. The second-order valence-electron chi connectivity index (χ2n) is 6.71. The minimum absolute atomic E-state index is 0.0183. The van der Waals surface area contributed by atoms with Crippen LogP contribution in [0.2, 0.25) is 18.1 Å². The number of amides is 1. The third-order valence-corrected chi connectivity index (χ3v) is 8.80. The molecule has 0 radical (unpaired) electrons. The Hall–Kier alpha value is -0.993. The highest BCUT2D eigenvalue weighted by Crippen LogP contribution is 2.38. The van der Waals surface area contributed by atoms with Crippen molar-refractivity contribution in [1.82, 2.24) is 4.90 Å². The lowest BCUT2D eigenvalue weighted by Gasteiger charge is -2.43. The fraction of sp³-hybridized carbons (Fsp3) is 0.786. The van der Waals surface area contributed by atoms with E-state index in [1.165, 1.54) is 4.90 Å².